The van der Waals surface area contributed by atoms with Gasteiger partial charge in [-0.15, -0.1) is 0 Å². The second kappa shape index (κ2) is 5.69. The Bertz CT molecular complexity index is 801. The summed E-state index contributed by atoms with van der Waals surface area (Å²) in [7, 11) is -3.67. The van der Waals surface area contributed by atoms with E-state index in [-0.39, 0.29) is 10.6 Å². The van der Waals surface area contributed by atoms with Gasteiger partial charge in [-0.3, -0.25) is 4.72 Å². The third-order valence-corrected chi connectivity index (χ3v) is 5.44. The minimum absolute atomic E-state index is 0.0558. The molecule has 0 radical (unpaired) electrons. The molecule has 2 aromatic rings. The monoisotopic (exact) mass is 369 g/mol. The highest BCUT2D eigenvalue weighted by Gasteiger charge is 2.18. The lowest BCUT2D eigenvalue weighted by Gasteiger charge is -2.13. The Morgan fingerprint density at radius 2 is 1.62 bits per heavy atom. The molecule has 0 atom stereocenters. The van der Waals surface area contributed by atoms with Gasteiger partial charge in [0.2, 0.25) is 0 Å². The molecule has 112 valence electrons. The molecule has 0 aliphatic rings. The molecule has 0 fully saturated rings. The van der Waals surface area contributed by atoms with Gasteiger partial charge < -0.3 is 5.11 Å². The van der Waals surface area contributed by atoms with Crippen molar-refractivity contribution in [3.8, 4) is 5.75 Å². The third kappa shape index (κ3) is 3.39. The van der Waals surface area contributed by atoms with E-state index in [1.807, 2.05) is 19.9 Å². The molecule has 0 spiro atoms. The summed E-state index contributed by atoms with van der Waals surface area (Å²) in [6.07, 6.45) is 0. The van der Waals surface area contributed by atoms with Crippen LogP contribution >= 0.6 is 15.9 Å². The van der Waals surface area contributed by atoms with Crippen molar-refractivity contribution < 1.29 is 13.5 Å². The van der Waals surface area contributed by atoms with Crippen LogP contribution in [0.25, 0.3) is 0 Å². The number of hydrogen-bond donors (Lipinski definition) is 2. The van der Waals surface area contributed by atoms with Gasteiger partial charge in [0.15, 0.2) is 0 Å². The Morgan fingerprint density at radius 1 is 1.00 bits per heavy atom. The highest BCUT2D eigenvalue weighted by Crippen LogP contribution is 2.28. The lowest BCUT2D eigenvalue weighted by atomic mass is 10.1. The lowest BCUT2D eigenvalue weighted by Crippen LogP contribution is -2.14. The van der Waals surface area contributed by atoms with Gasteiger partial charge in [-0.1, -0.05) is 6.07 Å². The van der Waals surface area contributed by atoms with Gasteiger partial charge in [0.25, 0.3) is 10.0 Å². The fourth-order valence-electron chi connectivity index (χ4n) is 2.00. The van der Waals surface area contributed by atoms with Gasteiger partial charge in [-0.05, 0) is 77.7 Å². The normalized spacial score (nSPS) is 11.4. The predicted octanol–water partition coefficient (Wildman–Crippen LogP) is 3.88. The fourth-order valence-corrected chi connectivity index (χ4v) is 3.74. The van der Waals surface area contributed by atoms with Crippen molar-refractivity contribution in [3.05, 3.63) is 51.5 Å². The van der Waals surface area contributed by atoms with Crippen molar-refractivity contribution in [2.45, 2.75) is 25.7 Å². The van der Waals surface area contributed by atoms with E-state index in [1.165, 1.54) is 18.2 Å². The number of halogens is 1. The topological polar surface area (TPSA) is 66.4 Å². The van der Waals surface area contributed by atoms with Gasteiger partial charge in [0.1, 0.15) is 5.75 Å². The first-order chi connectivity index (χ1) is 9.70. The molecular weight excluding hydrogens is 354 g/mol. The van der Waals surface area contributed by atoms with E-state index in [9.17, 15) is 13.5 Å². The lowest BCUT2D eigenvalue weighted by molar-refractivity contribution is 0.472. The van der Waals surface area contributed by atoms with E-state index in [4.69, 9.17) is 0 Å². The number of rotatable bonds is 3. The summed E-state index contributed by atoms with van der Waals surface area (Å²) < 4.78 is 27.9. The van der Waals surface area contributed by atoms with Gasteiger partial charge in [-0.25, -0.2) is 8.42 Å². The molecule has 0 aromatic heterocycles. The Morgan fingerprint density at radius 3 is 2.24 bits per heavy atom. The first-order valence-corrected chi connectivity index (χ1v) is 8.57. The molecule has 4 nitrogen and oxygen atoms in total. The molecule has 0 unspecified atom stereocenters. The molecule has 0 aliphatic carbocycles. The van der Waals surface area contributed by atoms with Gasteiger partial charge in [0, 0.05) is 0 Å². The number of hydrogen-bond acceptors (Lipinski definition) is 3. The first kappa shape index (κ1) is 15.9. The summed E-state index contributed by atoms with van der Waals surface area (Å²) in [5.74, 6) is 0.0558. The van der Waals surface area contributed by atoms with Crippen LogP contribution in [0.4, 0.5) is 5.69 Å². The van der Waals surface area contributed by atoms with E-state index in [0.717, 1.165) is 11.1 Å². The number of phenols is 1. The van der Waals surface area contributed by atoms with Crippen molar-refractivity contribution in [1.82, 2.24) is 0 Å². The van der Waals surface area contributed by atoms with Crippen LogP contribution < -0.4 is 4.72 Å². The predicted molar refractivity (Wildman–Crippen MR) is 87.3 cm³/mol. The number of aromatic hydroxyl groups is 1. The second-order valence-electron chi connectivity index (χ2n) is 4.97. The maximum atomic E-state index is 12.5. The third-order valence-electron chi connectivity index (χ3n) is 3.28. The summed E-state index contributed by atoms with van der Waals surface area (Å²) in [4.78, 5) is 0.259. The van der Waals surface area contributed by atoms with Crippen molar-refractivity contribution >= 4 is 31.6 Å². The maximum absolute atomic E-state index is 12.5. The van der Waals surface area contributed by atoms with Gasteiger partial charge in [0.05, 0.1) is 15.1 Å². The molecule has 6 heteroatoms. The zero-order chi connectivity index (χ0) is 15.8. The minimum Gasteiger partial charge on any atom is -0.507 e. The van der Waals surface area contributed by atoms with Crippen LogP contribution in [-0.4, -0.2) is 13.5 Å². The number of aryl methyl sites for hydroxylation is 3. The van der Waals surface area contributed by atoms with Crippen molar-refractivity contribution in [2.75, 3.05) is 4.72 Å². The molecule has 0 amide bonds. The zero-order valence-electron chi connectivity index (χ0n) is 11.9. The van der Waals surface area contributed by atoms with Crippen LogP contribution in [0.15, 0.2) is 39.7 Å². The van der Waals surface area contributed by atoms with Crippen LogP contribution in [0.5, 0.6) is 5.75 Å². The molecule has 2 N–H and O–H groups in total. The Balaban J connectivity index is 2.43. The van der Waals surface area contributed by atoms with E-state index in [1.54, 1.807) is 13.0 Å². The molecule has 0 aliphatic heterocycles. The van der Waals surface area contributed by atoms with Crippen LogP contribution in [0.1, 0.15) is 16.7 Å². The average Bonchev–Trinajstić information content (AvgIpc) is 2.37. The first-order valence-electron chi connectivity index (χ1n) is 6.30. The van der Waals surface area contributed by atoms with Gasteiger partial charge >= 0.3 is 0 Å². The Kier molecular flexibility index (Phi) is 4.30. The highest BCUT2D eigenvalue weighted by molar-refractivity contribution is 9.10. The molecule has 2 rings (SSSR count). The molecular formula is C15H16BrNO3S. The summed E-state index contributed by atoms with van der Waals surface area (Å²) in [5.41, 5.74) is 3.06. The number of sulfonamides is 1. The smallest absolute Gasteiger partial charge is 0.262 e. The number of nitrogens with one attached hydrogen (secondary N) is 1. The summed E-state index contributed by atoms with van der Waals surface area (Å²) in [5, 5.41) is 9.45. The van der Waals surface area contributed by atoms with E-state index in [0.29, 0.717) is 15.7 Å². The van der Waals surface area contributed by atoms with Gasteiger partial charge in [-0.2, -0.15) is 0 Å². The molecule has 0 saturated carbocycles. The molecule has 2 aromatic carbocycles. The van der Waals surface area contributed by atoms with Crippen LogP contribution in [0.2, 0.25) is 0 Å². The maximum Gasteiger partial charge on any atom is 0.262 e. The SMILES string of the molecule is Cc1cc(C)c(S(=O)(=O)Nc2ccc(O)c(Br)c2)cc1C. The molecule has 0 saturated heterocycles. The van der Waals surface area contributed by atoms with E-state index >= 15 is 0 Å². The van der Waals surface area contributed by atoms with Crippen LogP contribution in [-0.2, 0) is 10.0 Å². The molecule has 21 heavy (non-hydrogen) atoms. The van der Waals surface area contributed by atoms with Crippen LogP contribution in [0.3, 0.4) is 0 Å². The quantitative estimate of drug-likeness (QED) is 0.806. The summed E-state index contributed by atoms with van der Waals surface area (Å²) in [6.45, 7) is 5.60. The largest absolute Gasteiger partial charge is 0.507 e. The highest BCUT2D eigenvalue weighted by atomic mass is 79.9. The van der Waals surface area contributed by atoms with Crippen molar-refractivity contribution in [2.24, 2.45) is 0 Å². The second-order valence-corrected chi connectivity index (χ2v) is 7.48. The van der Waals surface area contributed by atoms with Crippen molar-refractivity contribution in [3.63, 3.8) is 0 Å². The minimum atomic E-state index is -3.67. The van der Waals surface area contributed by atoms with E-state index in [2.05, 4.69) is 20.7 Å². The fraction of sp³-hybridized carbons (Fsp3) is 0.200. The summed E-state index contributed by atoms with van der Waals surface area (Å²) >= 11 is 3.16. The average molecular weight is 370 g/mol. The Hall–Kier alpha value is -1.53. The zero-order valence-corrected chi connectivity index (χ0v) is 14.3. The van der Waals surface area contributed by atoms with Crippen molar-refractivity contribution in [1.29, 1.82) is 0 Å². The number of anilines is 1. The number of phenolic OH excluding ortho intramolecular Hbond substituents is 1. The molecule has 0 heterocycles. The number of benzene rings is 2. The summed E-state index contributed by atoms with van der Waals surface area (Å²) in [6, 6.07) is 7.98. The Labute approximate surface area is 133 Å². The van der Waals surface area contributed by atoms with E-state index < -0.39 is 10.0 Å². The van der Waals surface area contributed by atoms with Crippen LogP contribution in [0, 0.1) is 20.8 Å². The molecule has 0 bridgehead atoms. The standard InChI is InChI=1S/C15H16BrNO3S/c1-9-6-11(3)15(7-10(9)2)21(19,20)17-12-4-5-14(18)13(16)8-12/h4-8,17-18H,1-3H3.